The summed E-state index contributed by atoms with van der Waals surface area (Å²) in [5.41, 5.74) is 6.81. The van der Waals surface area contributed by atoms with Gasteiger partial charge in [0.2, 0.25) is 0 Å². The number of rotatable bonds is 4. The number of nitrogens with two attached hydrogens (primary N) is 1. The van der Waals surface area contributed by atoms with Gasteiger partial charge in [-0.15, -0.1) is 0 Å². The molecule has 1 aromatic rings. The molecular weight excluding hydrogens is 238 g/mol. The van der Waals surface area contributed by atoms with Crippen molar-refractivity contribution in [3.8, 4) is 5.75 Å². The minimum Gasteiger partial charge on any atom is -0.492 e. The van der Waals surface area contributed by atoms with Gasteiger partial charge in [0.15, 0.2) is 0 Å². The molecule has 0 aliphatic carbocycles. The van der Waals surface area contributed by atoms with Crippen molar-refractivity contribution in [2.24, 2.45) is 11.7 Å². The fourth-order valence-electron chi connectivity index (χ4n) is 1.84. The van der Waals surface area contributed by atoms with Gasteiger partial charge < -0.3 is 15.2 Å². The standard InChI is InChI=1S/C13H18ClNO2/c1-9(15)11-2-3-13(12(14)6-11)17-8-10-4-5-16-7-10/h2-3,6,9-10H,4-5,7-8,15H2,1H3. The molecule has 2 N–H and O–H groups in total. The minimum atomic E-state index is -0.00946. The van der Waals surface area contributed by atoms with Gasteiger partial charge in [0.1, 0.15) is 5.75 Å². The van der Waals surface area contributed by atoms with Crippen LogP contribution in [-0.4, -0.2) is 19.8 Å². The lowest BCUT2D eigenvalue weighted by Crippen LogP contribution is -2.12. The summed E-state index contributed by atoms with van der Waals surface area (Å²) in [6.45, 7) is 4.22. The van der Waals surface area contributed by atoms with Crippen LogP contribution in [0.1, 0.15) is 24.9 Å². The highest BCUT2D eigenvalue weighted by Gasteiger charge is 2.16. The fourth-order valence-corrected chi connectivity index (χ4v) is 2.08. The Morgan fingerprint density at radius 2 is 2.41 bits per heavy atom. The monoisotopic (exact) mass is 255 g/mol. The molecule has 1 aliphatic rings. The zero-order valence-corrected chi connectivity index (χ0v) is 10.7. The lowest BCUT2D eigenvalue weighted by Gasteiger charge is -2.13. The highest BCUT2D eigenvalue weighted by atomic mass is 35.5. The quantitative estimate of drug-likeness (QED) is 0.900. The van der Waals surface area contributed by atoms with Crippen LogP contribution >= 0.6 is 11.6 Å². The molecule has 0 bridgehead atoms. The molecule has 1 aliphatic heterocycles. The number of benzene rings is 1. The van der Waals surface area contributed by atoms with Crippen molar-refractivity contribution >= 4 is 11.6 Å². The van der Waals surface area contributed by atoms with Crippen LogP contribution < -0.4 is 10.5 Å². The summed E-state index contributed by atoms with van der Waals surface area (Å²) in [7, 11) is 0. The van der Waals surface area contributed by atoms with Gasteiger partial charge in [-0.1, -0.05) is 17.7 Å². The summed E-state index contributed by atoms with van der Waals surface area (Å²) in [5.74, 6) is 1.21. The van der Waals surface area contributed by atoms with E-state index < -0.39 is 0 Å². The highest BCUT2D eigenvalue weighted by Crippen LogP contribution is 2.28. The van der Waals surface area contributed by atoms with E-state index in [1.54, 1.807) is 0 Å². The molecule has 2 unspecified atom stereocenters. The molecule has 0 spiro atoms. The Kier molecular flexibility index (Phi) is 4.26. The van der Waals surface area contributed by atoms with Crippen molar-refractivity contribution in [3.05, 3.63) is 28.8 Å². The summed E-state index contributed by atoms with van der Waals surface area (Å²) < 4.78 is 11.0. The van der Waals surface area contributed by atoms with Crippen LogP contribution in [0.2, 0.25) is 5.02 Å². The molecule has 1 fully saturated rings. The van der Waals surface area contributed by atoms with Crippen LogP contribution in [0.4, 0.5) is 0 Å². The number of ether oxygens (including phenoxy) is 2. The third-order valence-electron chi connectivity index (χ3n) is 2.98. The molecule has 0 saturated carbocycles. The van der Waals surface area contributed by atoms with E-state index in [9.17, 15) is 0 Å². The summed E-state index contributed by atoms with van der Waals surface area (Å²) in [6, 6.07) is 5.70. The van der Waals surface area contributed by atoms with Crippen LogP contribution in [-0.2, 0) is 4.74 Å². The van der Waals surface area contributed by atoms with Crippen molar-refractivity contribution in [1.82, 2.24) is 0 Å². The number of halogens is 1. The largest absolute Gasteiger partial charge is 0.492 e. The van der Waals surface area contributed by atoms with Crippen molar-refractivity contribution in [1.29, 1.82) is 0 Å². The van der Waals surface area contributed by atoms with E-state index >= 15 is 0 Å². The Morgan fingerprint density at radius 1 is 1.59 bits per heavy atom. The SMILES string of the molecule is CC(N)c1ccc(OCC2CCOC2)c(Cl)c1. The Bertz CT molecular complexity index is 376. The molecule has 1 saturated heterocycles. The molecule has 0 radical (unpaired) electrons. The van der Waals surface area contributed by atoms with Crippen LogP contribution in [0.5, 0.6) is 5.75 Å². The first-order valence-electron chi connectivity index (χ1n) is 5.92. The van der Waals surface area contributed by atoms with Crippen molar-refractivity contribution in [2.75, 3.05) is 19.8 Å². The average molecular weight is 256 g/mol. The molecule has 0 aromatic heterocycles. The van der Waals surface area contributed by atoms with E-state index in [2.05, 4.69) is 0 Å². The fraction of sp³-hybridized carbons (Fsp3) is 0.538. The number of hydrogen-bond acceptors (Lipinski definition) is 3. The molecule has 2 atom stereocenters. The van der Waals surface area contributed by atoms with Crippen LogP contribution in [0.15, 0.2) is 18.2 Å². The smallest absolute Gasteiger partial charge is 0.137 e. The van der Waals surface area contributed by atoms with Crippen molar-refractivity contribution < 1.29 is 9.47 Å². The highest BCUT2D eigenvalue weighted by molar-refractivity contribution is 6.32. The van der Waals surface area contributed by atoms with Gasteiger partial charge in [0.05, 0.1) is 18.2 Å². The van der Waals surface area contributed by atoms with Gasteiger partial charge in [-0.25, -0.2) is 0 Å². The zero-order chi connectivity index (χ0) is 12.3. The van der Waals surface area contributed by atoms with Gasteiger partial charge >= 0.3 is 0 Å². The minimum absolute atomic E-state index is 0.00946. The third-order valence-corrected chi connectivity index (χ3v) is 3.28. The van der Waals surface area contributed by atoms with Gasteiger partial charge in [-0.3, -0.25) is 0 Å². The summed E-state index contributed by atoms with van der Waals surface area (Å²) in [5, 5.41) is 0.624. The molecule has 3 nitrogen and oxygen atoms in total. The second-order valence-electron chi connectivity index (χ2n) is 4.52. The second-order valence-corrected chi connectivity index (χ2v) is 4.93. The average Bonchev–Trinajstić information content (AvgIpc) is 2.80. The molecular formula is C13H18ClNO2. The molecule has 17 heavy (non-hydrogen) atoms. The topological polar surface area (TPSA) is 44.5 Å². The zero-order valence-electron chi connectivity index (χ0n) is 9.99. The van der Waals surface area contributed by atoms with Crippen LogP contribution in [0.25, 0.3) is 0 Å². The maximum absolute atomic E-state index is 6.15. The Balaban J connectivity index is 1.96. The summed E-state index contributed by atoms with van der Waals surface area (Å²) >= 11 is 6.15. The Labute approximate surface area is 107 Å². The second kappa shape index (κ2) is 5.71. The first-order valence-corrected chi connectivity index (χ1v) is 6.30. The predicted octanol–water partition coefficient (Wildman–Crippen LogP) is 2.78. The van der Waals surface area contributed by atoms with E-state index in [-0.39, 0.29) is 6.04 Å². The molecule has 0 amide bonds. The first-order chi connectivity index (χ1) is 8.16. The summed E-state index contributed by atoms with van der Waals surface area (Å²) in [4.78, 5) is 0. The molecule has 94 valence electrons. The van der Waals surface area contributed by atoms with Crippen molar-refractivity contribution in [2.45, 2.75) is 19.4 Å². The van der Waals surface area contributed by atoms with E-state index in [0.717, 1.165) is 30.9 Å². The summed E-state index contributed by atoms with van der Waals surface area (Å²) in [6.07, 6.45) is 1.07. The maximum atomic E-state index is 6.15. The number of hydrogen-bond donors (Lipinski definition) is 1. The first kappa shape index (κ1) is 12.7. The van der Waals surface area contributed by atoms with Crippen LogP contribution in [0.3, 0.4) is 0 Å². The predicted molar refractivity (Wildman–Crippen MR) is 68.5 cm³/mol. The normalized spacial score (nSPS) is 21.5. The Hall–Kier alpha value is -0.770. The molecule has 1 aromatic carbocycles. The van der Waals surface area contributed by atoms with Crippen molar-refractivity contribution in [3.63, 3.8) is 0 Å². The maximum Gasteiger partial charge on any atom is 0.137 e. The van der Waals surface area contributed by atoms with Gasteiger partial charge in [-0.05, 0) is 31.0 Å². The third kappa shape index (κ3) is 3.35. The lowest BCUT2D eigenvalue weighted by atomic mass is 10.1. The van der Waals surface area contributed by atoms with E-state index in [0.29, 0.717) is 17.5 Å². The molecule has 4 heteroatoms. The lowest BCUT2D eigenvalue weighted by molar-refractivity contribution is 0.167. The Morgan fingerprint density at radius 3 is 3.00 bits per heavy atom. The van der Waals surface area contributed by atoms with E-state index in [1.165, 1.54) is 0 Å². The molecule has 2 rings (SSSR count). The van der Waals surface area contributed by atoms with E-state index in [4.69, 9.17) is 26.8 Å². The van der Waals surface area contributed by atoms with E-state index in [1.807, 2.05) is 25.1 Å². The molecule has 1 heterocycles. The van der Waals surface area contributed by atoms with Crippen LogP contribution in [0, 0.1) is 5.92 Å². The van der Waals surface area contributed by atoms with Gasteiger partial charge in [0.25, 0.3) is 0 Å². The van der Waals surface area contributed by atoms with Gasteiger partial charge in [0, 0.05) is 18.6 Å². The van der Waals surface area contributed by atoms with Gasteiger partial charge in [-0.2, -0.15) is 0 Å².